The zero-order valence-corrected chi connectivity index (χ0v) is 27.5. The average Bonchev–Trinajstić information content (AvgIpc) is 3.38. The van der Waals surface area contributed by atoms with E-state index in [9.17, 15) is 9.59 Å². The van der Waals surface area contributed by atoms with Gasteiger partial charge in [0.2, 0.25) is 5.91 Å². The van der Waals surface area contributed by atoms with Crippen LogP contribution in [-0.4, -0.2) is 75.8 Å². The van der Waals surface area contributed by atoms with Gasteiger partial charge in [0.15, 0.2) is 0 Å². The van der Waals surface area contributed by atoms with E-state index in [4.69, 9.17) is 15.2 Å². The molecule has 0 saturated carbocycles. The molecule has 0 radical (unpaired) electrons. The van der Waals surface area contributed by atoms with Gasteiger partial charge in [0, 0.05) is 54.0 Å². The van der Waals surface area contributed by atoms with Crippen LogP contribution in [0.3, 0.4) is 0 Å². The maximum atomic E-state index is 13.1. The van der Waals surface area contributed by atoms with Crippen LogP contribution in [0.4, 0.5) is 0 Å². The Labute approximate surface area is 271 Å². The minimum absolute atomic E-state index is 0.0832. The van der Waals surface area contributed by atoms with Gasteiger partial charge < -0.3 is 30.0 Å². The number of benzene rings is 1. The van der Waals surface area contributed by atoms with Crippen molar-refractivity contribution >= 4 is 33.7 Å². The van der Waals surface area contributed by atoms with E-state index >= 15 is 0 Å². The number of hydrogen-bond donors (Lipinski definition) is 2. The largest absolute Gasteiger partial charge is 0.459 e. The molecular formula is C36H48N6O4. The summed E-state index contributed by atoms with van der Waals surface area (Å²) in [7, 11) is 0. The fourth-order valence-electron chi connectivity index (χ4n) is 6.10. The molecule has 0 bridgehead atoms. The first-order valence-electron chi connectivity index (χ1n) is 16.5. The van der Waals surface area contributed by atoms with Gasteiger partial charge in [-0.15, -0.1) is 0 Å². The number of carbonyl (C=O) groups is 2. The normalized spacial score (nSPS) is 15.6. The smallest absolute Gasteiger partial charge is 0.323 e. The molecule has 1 atom stereocenters. The third-order valence-electron chi connectivity index (χ3n) is 8.38. The molecule has 0 spiro atoms. The van der Waals surface area contributed by atoms with E-state index in [1.54, 1.807) is 0 Å². The highest BCUT2D eigenvalue weighted by Crippen LogP contribution is 2.30. The lowest BCUT2D eigenvalue weighted by Crippen LogP contribution is -2.42. The van der Waals surface area contributed by atoms with Crippen LogP contribution in [0.5, 0.6) is 0 Å². The summed E-state index contributed by atoms with van der Waals surface area (Å²) < 4.78 is 12.8. The quantitative estimate of drug-likeness (QED) is 0.204. The van der Waals surface area contributed by atoms with Gasteiger partial charge in [-0.3, -0.25) is 19.6 Å². The number of aryl methyl sites for hydroxylation is 2. The number of rotatable bonds is 9. The second kappa shape index (κ2) is 15.6. The van der Waals surface area contributed by atoms with Crippen molar-refractivity contribution in [3.8, 4) is 0 Å². The molecule has 4 aromatic rings. The SMILES string of the molecule is CC(C)(C)OC(=O)C(N)CCCNCc1nccc2c3ccccc3n(CC(=O)N3CCOCC3)c12.c1cnc2c(c1)CCCC2. The van der Waals surface area contributed by atoms with Crippen LogP contribution in [0.2, 0.25) is 0 Å². The lowest BCUT2D eigenvalue weighted by molar-refractivity contribution is -0.156. The van der Waals surface area contributed by atoms with Crippen LogP contribution in [-0.2, 0) is 45.0 Å². The Balaban J connectivity index is 0.000000350. The number of ether oxygens (including phenoxy) is 2. The number of nitrogens with zero attached hydrogens (tertiary/aromatic N) is 4. The van der Waals surface area contributed by atoms with Gasteiger partial charge in [-0.25, -0.2) is 0 Å². The molecule has 2 aliphatic rings. The average molecular weight is 629 g/mol. The lowest BCUT2D eigenvalue weighted by atomic mass is 9.96. The van der Waals surface area contributed by atoms with E-state index in [0.717, 1.165) is 33.9 Å². The molecule has 3 aromatic heterocycles. The van der Waals surface area contributed by atoms with Crippen molar-refractivity contribution in [3.05, 3.63) is 71.8 Å². The maximum absolute atomic E-state index is 13.1. The van der Waals surface area contributed by atoms with Crippen molar-refractivity contribution in [1.82, 2.24) is 24.8 Å². The molecule has 6 rings (SSSR count). The number of nitrogens with one attached hydrogen (secondary N) is 1. The molecule has 46 heavy (non-hydrogen) atoms. The summed E-state index contributed by atoms with van der Waals surface area (Å²) in [6, 6.07) is 13.8. The van der Waals surface area contributed by atoms with Gasteiger partial charge in [-0.05, 0) is 89.6 Å². The van der Waals surface area contributed by atoms with E-state index in [0.29, 0.717) is 45.8 Å². The molecule has 246 valence electrons. The number of amides is 1. The number of esters is 1. The van der Waals surface area contributed by atoms with Crippen molar-refractivity contribution < 1.29 is 19.1 Å². The van der Waals surface area contributed by atoms with Crippen molar-refractivity contribution in [3.63, 3.8) is 0 Å². The molecule has 1 saturated heterocycles. The van der Waals surface area contributed by atoms with E-state index < -0.39 is 11.6 Å². The number of pyridine rings is 2. The first-order chi connectivity index (χ1) is 22.2. The molecule has 1 aliphatic heterocycles. The van der Waals surface area contributed by atoms with Crippen molar-refractivity contribution in [2.45, 2.75) is 84.0 Å². The number of fused-ring (bicyclic) bond motifs is 4. The van der Waals surface area contributed by atoms with Crippen molar-refractivity contribution in [1.29, 1.82) is 0 Å². The molecule has 10 heteroatoms. The van der Waals surface area contributed by atoms with Crippen LogP contribution >= 0.6 is 0 Å². The Hall–Kier alpha value is -3.86. The number of hydrogen-bond acceptors (Lipinski definition) is 8. The van der Waals surface area contributed by atoms with E-state index in [1.165, 1.54) is 36.9 Å². The number of nitrogens with two attached hydrogens (primary N) is 1. The molecular weight excluding hydrogens is 580 g/mol. The van der Waals surface area contributed by atoms with Crippen molar-refractivity contribution in [2.75, 3.05) is 32.8 Å². The predicted octanol–water partition coefficient (Wildman–Crippen LogP) is 4.55. The molecule has 1 unspecified atom stereocenters. The Morgan fingerprint density at radius 1 is 1.00 bits per heavy atom. The molecule has 1 fully saturated rings. The molecule has 1 amide bonds. The monoisotopic (exact) mass is 628 g/mol. The molecule has 3 N–H and O–H groups in total. The first kappa shape index (κ1) is 33.5. The van der Waals surface area contributed by atoms with E-state index in [2.05, 4.69) is 38.1 Å². The van der Waals surface area contributed by atoms with Crippen LogP contribution < -0.4 is 11.1 Å². The first-order valence-corrected chi connectivity index (χ1v) is 16.5. The summed E-state index contributed by atoms with van der Waals surface area (Å²) in [6.07, 6.45) is 10.1. The van der Waals surface area contributed by atoms with E-state index in [1.807, 2.05) is 62.3 Å². The summed E-state index contributed by atoms with van der Waals surface area (Å²) in [4.78, 5) is 36.1. The summed E-state index contributed by atoms with van der Waals surface area (Å²) in [6.45, 7) is 9.38. The molecule has 10 nitrogen and oxygen atoms in total. The Kier molecular flexibility index (Phi) is 11.4. The summed E-state index contributed by atoms with van der Waals surface area (Å²) in [5.74, 6) is -0.289. The maximum Gasteiger partial charge on any atom is 0.323 e. The van der Waals surface area contributed by atoms with Crippen LogP contribution in [0.15, 0.2) is 54.9 Å². The summed E-state index contributed by atoms with van der Waals surface area (Å²) >= 11 is 0. The van der Waals surface area contributed by atoms with Gasteiger partial charge in [0.05, 0.1) is 24.4 Å². The highest BCUT2D eigenvalue weighted by Gasteiger charge is 2.23. The highest BCUT2D eigenvalue weighted by atomic mass is 16.6. The number of morpholine rings is 1. The Morgan fingerprint density at radius 2 is 1.78 bits per heavy atom. The van der Waals surface area contributed by atoms with Crippen LogP contribution in [0.25, 0.3) is 21.8 Å². The van der Waals surface area contributed by atoms with Crippen LogP contribution in [0.1, 0.15) is 63.4 Å². The summed E-state index contributed by atoms with van der Waals surface area (Å²) in [5, 5.41) is 5.62. The Morgan fingerprint density at radius 3 is 2.57 bits per heavy atom. The van der Waals surface area contributed by atoms with Gasteiger partial charge >= 0.3 is 5.97 Å². The molecule has 1 aliphatic carbocycles. The second-order valence-electron chi connectivity index (χ2n) is 13.0. The second-order valence-corrected chi connectivity index (χ2v) is 13.0. The Bertz CT molecular complexity index is 1600. The topological polar surface area (TPSA) is 125 Å². The fraction of sp³-hybridized carbons (Fsp3) is 0.500. The van der Waals surface area contributed by atoms with Crippen LogP contribution in [0, 0.1) is 0 Å². The third kappa shape index (κ3) is 8.69. The van der Waals surface area contributed by atoms with Gasteiger partial charge in [0.25, 0.3) is 0 Å². The van der Waals surface area contributed by atoms with E-state index in [-0.39, 0.29) is 18.4 Å². The highest BCUT2D eigenvalue weighted by molar-refractivity contribution is 6.09. The molecule has 1 aromatic carbocycles. The lowest BCUT2D eigenvalue weighted by Gasteiger charge is -2.27. The fourth-order valence-corrected chi connectivity index (χ4v) is 6.10. The minimum Gasteiger partial charge on any atom is -0.459 e. The van der Waals surface area contributed by atoms with Gasteiger partial charge in [-0.2, -0.15) is 0 Å². The summed E-state index contributed by atoms with van der Waals surface area (Å²) in [5.41, 5.74) is 11.1. The number of aromatic nitrogens is 3. The van der Waals surface area contributed by atoms with Gasteiger partial charge in [-0.1, -0.05) is 24.3 Å². The zero-order valence-electron chi connectivity index (χ0n) is 27.5. The van der Waals surface area contributed by atoms with Crippen molar-refractivity contribution in [2.24, 2.45) is 5.73 Å². The number of para-hydroxylation sites is 1. The third-order valence-corrected chi connectivity index (χ3v) is 8.38. The molecule has 4 heterocycles. The minimum atomic E-state index is -0.638. The van der Waals surface area contributed by atoms with Gasteiger partial charge in [0.1, 0.15) is 18.2 Å². The number of carbonyl (C=O) groups excluding carboxylic acids is 2. The predicted molar refractivity (Wildman–Crippen MR) is 180 cm³/mol. The standard InChI is InChI=1S/C27H37N5O4.C9H11N/c1-27(2,3)36-26(34)21(28)8-6-11-29-17-22-25-20(10-12-30-22)19-7-4-5-9-23(19)32(25)18-24(33)31-13-15-35-16-14-31;1-2-6-9-8(4-1)5-3-7-10-9/h4-5,7,9-10,12,21,29H,6,8,11,13-18,28H2,1-3H3;3,5,7H,1-2,4,6H2. The zero-order chi connectivity index (χ0) is 32.5.